The number of likely N-dealkylation sites (tertiary alicyclic amines) is 1. The second-order valence-corrected chi connectivity index (χ2v) is 6.92. The van der Waals surface area contributed by atoms with Crippen molar-refractivity contribution < 1.29 is 0 Å². The third-order valence-electron chi connectivity index (χ3n) is 5.03. The molecule has 0 aliphatic carbocycles. The van der Waals surface area contributed by atoms with Crippen LogP contribution in [-0.4, -0.2) is 58.2 Å². The second-order valence-electron chi connectivity index (χ2n) is 6.92. The number of nitrogens with one attached hydrogen (secondary N) is 2. The number of pyridine rings is 1. The van der Waals surface area contributed by atoms with Crippen LogP contribution in [0.25, 0.3) is 5.65 Å². The maximum Gasteiger partial charge on any atom is 0.191 e. The molecular formula is C18H29N7. The van der Waals surface area contributed by atoms with Crippen LogP contribution in [-0.2, 0) is 6.54 Å². The summed E-state index contributed by atoms with van der Waals surface area (Å²) in [6.45, 7) is 8.49. The summed E-state index contributed by atoms with van der Waals surface area (Å²) in [4.78, 5) is 6.88. The van der Waals surface area contributed by atoms with Gasteiger partial charge < -0.3 is 10.6 Å². The van der Waals surface area contributed by atoms with E-state index in [0.717, 1.165) is 29.9 Å². The van der Waals surface area contributed by atoms with Gasteiger partial charge in [-0.1, -0.05) is 13.0 Å². The highest BCUT2D eigenvalue weighted by Gasteiger charge is 2.20. The van der Waals surface area contributed by atoms with Gasteiger partial charge in [0.2, 0.25) is 0 Å². The smallest absolute Gasteiger partial charge is 0.191 e. The topological polar surface area (TPSA) is 69.8 Å². The molecule has 0 saturated carbocycles. The van der Waals surface area contributed by atoms with E-state index in [-0.39, 0.29) is 0 Å². The minimum absolute atomic E-state index is 0.500. The Balaban J connectivity index is 1.48. The zero-order valence-corrected chi connectivity index (χ0v) is 15.4. The average Bonchev–Trinajstić information content (AvgIpc) is 3.05. The molecule has 0 aromatic carbocycles. The van der Waals surface area contributed by atoms with E-state index in [0.29, 0.717) is 12.6 Å². The Morgan fingerprint density at radius 1 is 1.28 bits per heavy atom. The highest BCUT2D eigenvalue weighted by atomic mass is 15.3. The van der Waals surface area contributed by atoms with E-state index in [1.165, 1.54) is 25.9 Å². The Morgan fingerprint density at radius 2 is 2.08 bits per heavy atom. The van der Waals surface area contributed by atoms with E-state index in [4.69, 9.17) is 0 Å². The Labute approximate surface area is 149 Å². The largest absolute Gasteiger partial charge is 0.355 e. The summed E-state index contributed by atoms with van der Waals surface area (Å²) in [5, 5.41) is 15.2. The van der Waals surface area contributed by atoms with Gasteiger partial charge in [-0.2, -0.15) is 0 Å². The molecule has 7 heteroatoms. The quantitative estimate of drug-likeness (QED) is 0.636. The van der Waals surface area contributed by atoms with Gasteiger partial charge in [0.25, 0.3) is 0 Å². The van der Waals surface area contributed by atoms with E-state index in [2.05, 4.69) is 44.6 Å². The number of hydrogen-bond donors (Lipinski definition) is 2. The molecule has 2 aromatic heterocycles. The summed E-state index contributed by atoms with van der Waals surface area (Å²) in [6, 6.07) is 6.39. The van der Waals surface area contributed by atoms with Gasteiger partial charge in [0.1, 0.15) is 0 Å². The molecule has 0 amide bonds. The number of aliphatic imine (C=N–C) groups is 1. The fourth-order valence-electron chi connectivity index (χ4n) is 3.24. The number of nitrogens with zero attached hydrogens (tertiary/aromatic N) is 5. The van der Waals surface area contributed by atoms with Crippen LogP contribution in [0, 0.1) is 5.92 Å². The summed E-state index contributed by atoms with van der Waals surface area (Å²) >= 11 is 0. The lowest BCUT2D eigenvalue weighted by molar-refractivity contribution is 0.147. The third-order valence-corrected chi connectivity index (χ3v) is 5.03. The summed E-state index contributed by atoms with van der Waals surface area (Å²) < 4.78 is 1.98. The van der Waals surface area contributed by atoms with E-state index < -0.39 is 0 Å². The third kappa shape index (κ3) is 4.48. The molecule has 0 bridgehead atoms. The summed E-state index contributed by atoms with van der Waals surface area (Å²) in [5.41, 5.74) is 0.857. The van der Waals surface area contributed by atoms with Crippen LogP contribution in [0.5, 0.6) is 0 Å². The molecule has 1 atom stereocenters. The summed E-state index contributed by atoms with van der Waals surface area (Å²) in [5.74, 6) is 2.53. The summed E-state index contributed by atoms with van der Waals surface area (Å²) in [7, 11) is 1.80. The highest BCUT2D eigenvalue weighted by Crippen LogP contribution is 2.17. The van der Waals surface area contributed by atoms with Crippen LogP contribution in [0.3, 0.4) is 0 Å². The molecule has 1 aliphatic rings. The first-order valence-electron chi connectivity index (χ1n) is 9.14. The van der Waals surface area contributed by atoms with Crippen molar-refractivity contribution in [1.29, 1.82) is 0 Å². The van der Waals surface area contributed by atoms with Crippen molar-refractivity contribution in [1.82, 2.24) is 30.1 Å². The highest BCUT2D eigenvalue weighted by molar-refractivity contribution is 5.79. The molecule has 1 aliphatic heterocycles. The predicted octanol–water partition coefficient (Wildman–Crippen LogP) is 1.51. The molecule has 25 heavy (non-hydrogen) atoms. The fraction of sp³-hybridized carbons (Fsp3) is 0.611. The molecule has 3 heterocycles. The standard InChI is InChI=1S/C18H29N7/c1-14-7-10-24(11-8-14)15(2)12-20-18(19-3)21-13-17-23-22-16-6-4-5-9-25(16)17/h4-6,9,14-15H,7-8,10-13H2,1-3H3,(H2,19,20,21). The van der Waals surface area contributed by atoms with Crippen LogP contribution < -0.4 is 10.6 Å². The molecule has 3 rings (SSSR count). The number of hydrogen-bond acceptors (Lipinski definition) is 4. The van der Waals surface area contributed by atoms with E-state index in [9.17, 15) is 0 Å². The Bertz CT molecular complexity index is 700. The first-order valence-corrected chi connectivity index (χ1v) is 9.14. The SMILES string of the molecule is CN=C(NCc1nnc2ccccn12)NCC(C)N1CCC(C)CC1. The molecule has 136 valence electrons. The normalized spacial score (nSPS) is 18.4. The van der Waals surface area contributed by atoms with Crippen LogP contribution >= 0.6 is 0 Å². The van der Waals surface area contributed by atoms with E-state index in [1.807, 2.05) is 28.8 Å². The average molecular weight is 343 g/mol. The van der Waals surface area contributed by atoms with Gasteiger partial charge in [0.15, 0.2) is 17.4 Å². The molecular weight excluding hydrogens is 314 g/mol. The number of rotatable bonds is 5. The van der Waals surface area contributed by atoms with Gasteiger partial charge in [-0.05, 0) is 50.9 Å². The number of aromatic nitrogens is 3. The van der Waals surface area contributed by atoms with Crippen LogP contribution in [0.1, 0.15) is 32.5 Å². The number of guanidine groups is 1. The molecule has 2 aromatic rings. The molecule has 7 nitrogen and oxygen atoms in total. The van der Waals surface area contributed by atoms with Crippen molar-refractivity contribution in [2.45, 2.75) is 39.3 Å². The zero-order chi connectivity index (χ0) is 17.6. The van der Waals surface area contributed by atoms with E-state index in [1.54, 1.807) is 7.05 Å². The van der Waals surface area contributed by atoms with Gasteiger partial charge in [-0.3, -0.25) is 14.3 Å². The number of fused-ring (bicyclic) bond motifs is 1. The molecule has 0 radical (unpaired) electrons. The van der Waals surface area contributed by atoms with Crippen molar-refractivity contribution in [3.05, 3.63) is 30.2 Å². The number of piperidine rings is 1. The Morgan fingerprint density at radius 3 is 2.84 bits per heavy atom. The van der Waals surface area contributed by atoms with Gasteiger partial charge in [0.05, 0.1) is 6.54 Å². The van der Waals surface area contributed by atoms with E-state index >= 15 is 0 Å². The minimum atomic E-state index is 0.500. The van der Waals surface area contributed by atoms with Crippen molar-refractivity contribution >= 4 is 11.6 Å². The molecule has 1 saturated heterocycles. The van der Waals surface area contributed by atoms with Crippen molar-refractivity contribution in [2.24, 2.45) is 10.9 Å². The van der Waals surface area contributed by atoms with Crippen molar-refractivity contribution in [2.75, 3.05) is 26.7 Å². The van der Waals surface area contributed by atoms with Crippen molar-refractivity contribution in [3.63, 3.8) is 0 Å². The Hall–Kier alpha value is -2.15. The van der Waals surface area contributed by atoms with Gasteiger partial charge in [-0.15, -0.1) is 10.2 Å². The maximum absolute atomic E-state index is 4.32. The molecule has 2 N–H and O–H groups in total. The van der Waals surface area contributed by atoms with Crippen LogP contribution in [0.15, 0.2) is 29.4 Å². The minimum Gasteiger partial charge on any atom is -0.355 e. The Kier molecular flexibility index (Phi) is 5.86. The molecule has 1 fully saturated rings. The van der Waals surface area contributed by atoms with Gasteiger partial charge in [0, 0.05) is 25.8 Å². The molecule has 1 unspecified atom stereocenters. The fourth-order valence-corrected chi connectivity index (χ4v) is 3.24. The lowest BCUT2D eigenvalue weighted by Gasteiger charge is -2.35. The zero-order valence-electron chi connectivity index (χ0n) is 15.4. The van der Waals surface area contributed by atoms with Crippen molar-refractivity contribution in [3.8, 4) is 0 Å². The first kappa shape index (κ1) is 17.7. The van der Waals surface area contributed by atoms with Gasteiger partial charge >= 0.3 is 0 Å². The monoisotopic (exact) mass is 343 g/mol. The molecule has 0 spiro atoms. The summed E-state index contributed by atoms with van der Waals surface area (Å²) in [6.07, 6.45) is 4.58. The second kappa shape index (κ2) is 8.29. The van der Waals surface area contributed by atoms with Crippen LogP contribution in [0.2, 0.25) is 0 Å². The first-order chi connectivity index (χ1) is 12.2. The lowest BCUT2D eigenvalue weighted by atomic mass is 9.98. The lowest BCUT2D eigenvalue weighted by Crippen LogP contribution is -2.48. The maximum atomic E-state index is 4.32. The van der Waals surface area contributed by atoms with Gasteiger partial charge in [-0.25, -0.2) is 0 Å². The predicted molar refractivity (Wildman–Crippen MR) is 101 cm³/mol. The van der Waals surface area contributed by atoms with Crippen LogP contribution in [0.4, 0.5) is 0 Å².